The number of halogens is 1. The lowest BCUT2D eigenvalue weighted by Gasteiger charge is -2.14. The largest absolute Gasteiger partial charge is 0.336 e. The van der Waals surface area contributed by atoms with E-state index in [1.165, 1.54) is 0 Å². The first-order valence-corrected chi connectivity index (χ1v) is 8.20. The molecule has 3 amide bonds. The smallest absolute Gasteiger partial charge is 0.321 e. The molecule has 0 aromatic heterocycles. The van der Waals surface area contributed by atoms with E-state index in [2.05, 4.69) is 10.6 Å². The molecule has 124 valence electrons. The van der Waals surface area contributed by atoms with Crippen LogP contribution in [0.1, 0.15) is 12.0 Å². The number of hydrogen-bond donors (Lipinski definition) is 2. The van der Waals surface area contributed by atoms with Crippen molar-refractivity contribution in [3.05, 3.63) is 59.1 Å². The minimum absolute atomic E-state index is 0.0680. The normalized spacial score (nSPS) is 13.7. The van der Waals surface area contributed by atoms with E-state index in [0.29, 0.717) is 36.6 Å². The molecule has 1 aliphatic rings. The number of carbonyl (C=O) groups is 2. The highest BCUT2D eigenvalue weighted by molar-refractivity contribution is 6.31. The summed E-state index contributed by atoms with van der Waals surface area (Å²) in [5.74, 6) is -0.0680. The summed E-state index contributed by atoms with van der Waals surface area (Å²) in [6.45, 7) is 1.31. The Morgan fingerprint density at radius 2 is 1.92 bits per heavy atom. The summed E-state index contributed by atoms with van der Waals surface area (Å²) >= 11 is 6.09. The summed E-state index contributed by atoms with van der Waals surface area (Å²) in [5.41, 5.74) is 2.49. The molecule has 0 unspecified atom stereocenters. The van der Waals surface area contributed by atoms with E-state index in [1.807, 2.05) is 36.4 Å². The zero-order chi connectivity index (χ0) is 16.9. The molecule has 0 bridgehead atoms. The van der Waals surface area contributed by atoms with Gasteiger partial charge in [0.05, 0.1) is 0 Å². The van der Waals surface area contributed by atoms with Gasteiger partial charge in [0.15, 0.2) is 0 Å². The summed E-state index contributed by atoms with van der Waals surface area (Å²) in [7, 11) is 0. The Morgan fingerprint density at radius 3 is 2.58 bits per heavy atom. The van der Waals surface area contributed by atoms with Gasteiger partial charge in [-0.05, 0) is 42.3 Å². The fourth-order valence-electron chi connectivity index (χ4n) is 2.62. The summed E-state index contributed by atoms with van der Waals surface area (Å²) < 4.78 is 0. The van der Waals surface area contributed by atoms with Crippen molar-refractivity contribution in [2.24, 2.45) is 0 Å². The van der Waals surface area contributed by atoms with Crippen LogP contribution in [0.25, 0.3) is 0 Å². The molecule has 1 saturated heterocycles. The third-order valence-electron chi connectivity index (χ3n) is 3.90. The molecule has 2 aromatic rings. The van der Waals surface area contributed by atoms with Gasteiger partial charge in [0, 0.05) is 35.9 Å². The number of hydrogen-bond acceptors (Lipinski definition) is 2. The lowest BCUT2D eigenvalue weighted by molar-refractivity contribution is -0.116. The van der Waals surface area contributed by atoms with E-state index in [0.717, 1.165) is 11.3 Å². The maximum absolute atomic E-state index is 12.1. The van der Waals surface area contributed by atoms with E-state index < -0.39 is 0 Å². The fraction of sp³-hybridized carbons (Fsp3) is 0.222. The Balaban J connectivity index is 1.55. The third-order valence-corrected chi connectivity index (χ3v) is 4.27. The van der Waals surface area contributed by atoms with Crippen LogP contribution < -0.4 is 15.5 Å². The van der Waals surface area contributed by atoms with Gasteiger partial charge in [0.1, 0.15) is 0 Å². The van der Waals surface area contributed by atoms with Crippen LogP contribution in [0.3, 0.4) is 0 Å². The van der Waals surface area contributed by atoms with Crippen molar-refractivity contribution in [2.45, 2.75) is 12.8 Å². The number of carbonyl (C=O) groups excluding carboxylic acids is 2. The number of rotatable bonds is 5. The van der Waals surface area contributed by atoms with Crippen LogP contribution in [0.15, 0.2) is 48.5 Å². The van der Waals surface area contributed by atoms with Crippen molar-refractivity contribution >= 4 is 34.9 Å². The van der Waals surface area contributed by atoms with Crippen molar-refractivity contribution in [3.8, 4) is 0 Å². The van der Waals surface area contributed by atoms with E-state index in [9.17, 15) is 9.59 Å². The Bertz CT molecular complexity index is 746. The van der Waals surface area contributed by atoms with Crippen molar-refractivity contribution < 1.29 is 9.59 Å². The highest BCUT2D eigenvalue weighted by Crippen LogP contribution is 2.20. The molecular formula is C18H18ClN3O2. The maximum atomic E-state index is 12.1. The van der Waals surface area contributed by atoms with Gasteiger partial charge >= 0.3 is 6.03 Å². The predicted molar refractivity (Wildman–Crippen MR) is 95.6 cm³/mol. The van der Waals surface area contributed by atoms with E-state index in [-0.39, 0.29) is 11.9 Å². The SMILES string of the molecule is O=C(CCc1ccccc1Cl)Nc1ccc(N2CCNC2=O)cc1. The average Bonchev–Trinajstić information content (AvgIpc) is 3.01. The van der Waals surface area contributed by atoms with Crippen LogP contribution in [-0.4, -0.2) is 25.0 Å². The summed E-state index contributed by atoms with van der Waals surface area (Å²) in [6, 6.07) is 14.7. The van der Waals surface area contributed by atoms with E-state index in [1.54, 1.807) is 17.0 Å². The van der Waals surface area contributed by atoms with Crippen molar-refractivity contribution in [3.63, 3.8) is 0 Å². The van der Waals surface area contributed by atoms with Crippen molar-refractivity contribution in [1.29, 1.82) is 0 Å². The Labute approximate surface area is 145 Å². The summed E-state index contributed by atoms with van der Waals surface area (Å²) in [4.78, 5) is 25.4. The van der Waals surface area contributed by atoms with Gasteiger partial charge in [-0.3, -0.25) is 9.69 Å². The molecule has 0 radical (unpaired) electrons. The second-order valence-corrected chi connectivity index (χ2v) is 5.98. The standard InChI is InChI=1S/C18H18ClN3O2/c19-16-4-2-1-3-13(16)5-10-17(23)21-14-6-8-15(9-7-14)22-12-11-20-18(22)24/h1-4,6-9H,5,10-12H2,(H,20,24)(H,21,23). The minimum Gasteiger partial charge on any atom is -0.336 e. The number of anilines is 2. The fourth-order valence-corrected chi connectivity index (χ4v) is 2.85. The zero-order valence-corrected chi connectivity index (χ0v) is 13.8. The molecule has 6 heteroatoms. The average molecular weight is 344 g/mol. The van der Waals surface area contributed by atoms with E-state index >= 15 is 0 Å². The van der Waals surface area contributed by atoms with Crippen LogP contribution >= 0.6 is 11.6 Å². The third kappa shape index (κ3) is 3.86. The second-order valence-electron chi connectivity index (χ2n) is 5.57. The van der Waals surface area contributed by atoms with Crippen LogP contribution in [0.5, 0.6) is 0 Å². The number of nitrogens with one attached hydrogen (secondary N) is 2. The van der Waals surface area contributed by atoms with Gasteiger partial charge in [-0.25, -0.2) is 4.79 Å². The first-order valence-electron chi connectivity index (χ1n) is 7.82. The molecule has 2 aromatic carbocycles. The molecule has 3 rings (SSSR count). The van der Waals surface area contributed by atoms with Crippen LogP contribution in [0.2, 0.25) is 5.02 Å². The maximum Gasteiger partial charge on any atom is 0.321 e. The topological polar surface area (TPSA) is 61.4 Å². The van der Waals surface area contributed by atoms with Crippen LogP contribution in [-0.2, 0) is 11.2 Å². The van der Waals surface area contributed by atoms with Gasteiger partial charge in [-0.2, -0.15) is 0 Å². The van der Waals surface area contributed by atoms with Gasteiger partial charge in [-0.1, -0.05) is 29.8 Å². The van der Waals surface area contributed by atoms with Gasteiger partial charge in [0.2, 0.25) is 5.91 Å². The molecule has 2 N–H and O–H groups in total. The first kappa shape index (κ1) is 16.3. The van der Waals surface area contributed by atoms with Gasteiger partial charge in [0.25, 0.3) is 0 Å². The highest BCUT2D eigenvalue weighted by atomic mass is 35.5. The first-order chi connectivity index (χ1) is 11.6. The van der Waals surface area contributed by atoms with Crippen LogP contribution in [0.4, 0.5) is 16.2 Å². The minimum atomic E-state index is -0.0912. The lowest BCUT2D eigenvalue weighted by atomic mass is 10.1. The predicted octanol–water partition coefficient (Wildman–Crippen LogP) is 3.44. The van der Waals surface area contributed by atoms with Gasteiger partial charge < -0.3 is 10.6 Å². The number of amides is 3. The Morgan fingerprint density at radius 1 is 1.17 bits per heavy atom. The number of urea groups is 1. The van der Waals surface area contributed by atoms with Crippen molar-refractivity contribution in [1.82, 2.24) is 5.32 Å². The Kier molecular flexibility index (Phi) is 5.01. The second kappa shape index (κ2) is 7.36. The monoisotopic (exact) mass is 343 g/mol. The van der Waals surface area contributed by atoms with E-state index in [4.69, 9.17) is 11.6 Å². The molecule has 1 aliphatic heterocycles. The molecule has 24 heavy (non-hydrogen) atoms. The Hall–Kier alpha value is -2.53. The van der Waals surface area contributed by atoms with Gasteiger partial charge in [-0.15, -0.1) is 0 Å². The quantitative estimate of drug-likeness (QED) is 0.873. The molecule has 0 saturated carbocycles. The molecule has 0 spiro atoms. The molecule has 1 heterocycles. The molecule has 0 aliphatic carbocycles. The number of aryl methyl sites for hydroxylation is 1. The highest BCUT2D eigenvalue weighted by Gasteiger charge is 2.20. The zero-order valence-electron chi connectivity index (χ0n) is 13.1. The summed E-state index contributed by atoms with van der Waals surface area (Å²) in [6.07, 6.45) is 0.956. The summed E-state index contributed by atoms with van der Waals surface area (Å²) in [5, 5.41) is 6.30. The number of benzene rings is 2. The molecular weight excluding hydrogens is 326 g/mol. The lowest BCUT2D eigenvalue weighted by Crippen LogP contribution is -2.27. The molecule has 1 fully saturated rings. The van der Waals surface area contributed by atoms with Crippen LogP contribution in [0, 0.1) is 0 Å². The molecule has 5 nitrogen and oxygen atoms in total. The molecule has 0 atom stereocenters. The van der Waals surface area contributed by atoms with Crippen molar-refractivity contribution in [2.75, 3.05) is 23.3 Å². The number of nitrogens with zero attached hydrogens (tertiary/aromatic N) is 1.